The average Bonchev–Trinajstić information content (AvgIpc) is 3.16. The first-order valence-electron chi connectivity index (χ1n) is 10.2. The molecule has 0 saturated carbocycles. The summed E-state index contributed by atoms with van der Waals surface area (Å²) in [6.07, 6.45) is 3.40. The third-order valence-electron chi connectivity index (χ3n) is 4.75. The fourth-order valence-electron chi connectivity index (χ4n) is 3.10. The molecule has 182 valence electrons. The van der Waals surface area contributed by atoms with E-state index < -0.39 is 56.0 Å². The standard InChI is InChI=1S/C21H24N3O9P/c1-3-11-30-20(27)14(2)23-34(29,33-15-7-5-4-6-8-15)31-13-17-16(25)12-19(32-17)24-10-9-18(26)22-21(24)28/h1,4-10,14,16-17,19,25H,11-13H2,2H3,(H,23,29)(H,22,26,28)/t14-,16-,17+,19+,34?/m0/s1. The maximum absolute atomic E-state index is 13.4. The fraction of sp³-hybridized carbons (Fsp3) is 0.381. The smallest absolute Gasteiger partial charge is 0.451 e. The predicted octanol–water partition coefficient (Wildman–Crippen LogP) is 0.543. The summed E-state index contributed by atoms with van der Waals surface area (Å²) in [4.78, 5) is 37.4. The molecule has 1 aromatic heterocycles. The number of hydrogen-bond acceptors (Lipinski definition) is 9. The number of nitrogens with zero attached hydrogens (tertiary/aromatic N) is 1. The van der Waals surface area contributed by atoms with Gasteiger partial charge in [0.1, 0.15) is 24.1 Å². The van der Waals surface area contributed by atoms with E-state index >= 15 is 0 Å². The van der Waals surface area contributed by atoms with Crippen molar-refractivity contribution in [2.24, 2.45) is 0 Å². The molecule has 34 heavy (non-hydrogen) atoms. The molecule has 1 aliphatic rings. The zero-order chi connectivity index (χ0) is 24.7. The summed E-state index contributed by atoms with van der Waals surface area (Å²) in [6.45, 7) is 0.727. The lowest BCUT2D eigenvalue weighted by Crippen LogP contribution is -2.36. The first kappa shape index (κ1) is 25.4. The number of H-pyrrole nitrogens is 1. The van der Waals surface area contributed by atoms with Crippen LogP contribution in [0, 0.1) is 12.3 Å². The topological polar surface area (TPSA) is 158 Å². The van der Waals surface area contributed by atoms with Gasteiger partial charge in [-0.3, -0.25) is 23.7 Å². The molecule has 0 amide bonds. The van der Waals surface area contributed by atoms with Gasteiger partial charge in [0.2, 0.25) is 0 Å². The minimum Gasteiger partial charge on any atom is -0.451 e. The molecule has 1 fully saturated rings. The van der Waals surface area contributed by atoms with Crippen LogP contribution in [0.4, 0.5) is 0 Å². The molecule has 12 nitrogen and oxygen atoms in total. The lowest BCUT2D eigenvalue weighted by molar-refractivity contribution is -0.143. The molecule has 3 rings (SSSR count). The highest BCUT2D eigenvalue weighted by Gasteiger charge is 2.39. The largest absolute Gasteiger partial charge is 0.459 e. The van der Waals surface area contributed by atoms with Gasteiger partial charge in [0.05, 0.1) is 12.7 Å². The molecule has 0 bridgehead atoms. The quantitative estimate of drug-likeness (QED) is 0.242. The molecule has 5 atom stereocenters. The van der Waals surface area contributed by atoms with Gasteiger partial charge >= 0.3 is 19.4 Å². The lowest BCUT2D eigenvalue weighted by Gasteiger charge is -2.24. The van der Waals surface area contributed by atoms with E-state index in [4.69, 9.17) is 24.9 Å². The Hall–Kier alpha value is -3.20. The second-order valence-corrected chi connectivity index (χ2v) is 9.00. The first-order chi connectivity index (χ1) is 16.2. The number of carbonyl (C=O) groups excluding carboxylic acids is 1. The average molecular weight is 493 g/mol. The summed E-state index contributed by atoms with van der Waals surface area (Å²) in [5, 5.41) is 12.9. The summed E-state index contributed by atoms with van der Waals surface area (Å²) in [7, 11) is -4.18. The number of hydrogen-bond donors (Lipinski definition) is 3. The van der Waals surface area contributed by atoms with Crippen LogP contribution in [0.1, 0.15) is 19.6 Å². The molecule has 1 aromatic carbocycles. The number of ether oxygens (including phenoxy) is 2. The number of carbonyl (C=O) groups is 1. The fourth-order valence-corrected chi connectivity index (χ4v) is 4.60. The van der Waals surface area contributed by atoms with E-state index in [1.807, 2.05) is 0 Å². The molecule has 13 heteroatoms. The summed E-state index contributed by atoms with van der Waals surface area (Å²) < 4.78 is 36.1. The van der Waals surface area contributed by atoms with Gasteiger partial charge in [0, 0.05) is 18.7 Å². The summed E-state index contributed by atoms with van der Waals surface area (Å²) in [6, 6.07) is 8.16. The Bertz CT molecular complexity index is 1190. The van der Waals surface area contributed by atoms with Gasteiger partial charge in [-0.25, -0.2) is 9.36 Å². The number of aliphatic hydroxyl groups excluding tert-OH is 1. The molecule has 0 aliphatic carbocycles. The molecule has 1 saturated heterocycles. The number of aliphatic hydroxyl groups is 1. The number of para-hydroxylation sites is 1. The van der Waals surface area contributed by atoms with E-state index in [1.54, 1.807) is 30.3 Å². The van der Waals surface area contributed by atoms with Crippen molar-refractivity contribution >= 4 is 13.7 Å². The van der Waals surface area contributed by atoms with Crippen LogP contribution in [0.3, 0.4) is 0 Å². The zero-order valence-corrected chi connectivity index (χ0v) is 19.1. The number of aromatic nitrogens is 2. The van der Waals surface area contributed by atoms with Crippen LogP contribution in [-0.2, 0) is 23.4 Å². The maximum Gasteiger partial charge on any atom is 0.459 e. The van der Waals surface area contributed by atoms with Crippen LogP contribution in [0.2, 0.25) is 0 Å². The van der Waals surface area contributed by atoms with Crippen molar-refractivity contribution in [3.8, 4) is 18.1 Å². The van der Waals surface area contributed by atoms with Crippen LogP contribution in [0.25, 0.3) is 0 Å². The lowest BCUT2D eigenvalue weighted by atomic mass is 10.2. The maximum atomic E-state index is 13.4. The third-order valence-corrected chi connectivity index (χ3v) is 6.39. The van der Waals surface area contributed by atoms with Gasteiger partial charge in [0.25, 0.3) is 5.56 Å². The molecular formula is C21H24N3O9P. The molecule has 0 spiro atoms. The SMILES string of the molecule is C#CCOC(=O)[C@H](C)NP(=O)(OC[C@H]1O[C@@H](n2ccc(=O)[nH]c2=O)C[C@@H]1O)Oc1ccccc1. The highest BCUT2D eigenvalue weighted by molar-refractivity contribution is 7.52. The molecule has 1 unspecified atom stereocenters. The van der Waals surface area contributed by atoms with Crippen LogP contribution in [-0.4, -0.2) is 52.1 Å². The van der Waals surface area contributed by atoms with E-state index in [-0.39, 0.29) is 18.8 Å². The van der Waals surface area contributed by atoms with Crippen LogP contribution in [0.5, 0.6) is 5.75 Å². The van der Waals surface area contributed by atoms with Crippen LogP contribution in [0.15, 0.2) is 52.2 Å². The van der Waals surface area contributed by atoms with Crippen molar-refractivity contribution in [3.05, 3.63) is 63.4 Å². The summed E-state index contributed by atoms with van der Waals surface area (Å²) in [5.74, 6) is 1.59. The van der Waals surface area contributed by atoms with Gasteiger partial charge in [0.15, 0.2) is 6.61 Å². The Morgan fingerprint density at radius 1 is 1.38 bits per heavy atom. The Labute approximate surface area is 194 Å². The van der Waals surface area contributed by atoms with Crippen molar-refractivity contribution in [2.45, 2.75) is 37.8 Å². The van der Waals surface area contributed by atoms with E-state index in [9.17, 15) is 24.1 Å². The van der Waals surface area contributed by atoms with Crippen molar-refractivity contribution in [1.82, 2.24) is 14.6 Å². The van der Waals surface area contributed by atoms with Gasteiger partial charge in [-0.15, -0.1) is 6.42 Å². The molecular weight excluding hydrogens is 469 g/mol. The first-order valence-corrected chi connectivity index (χ1v) is 11.8. The van der Waals surface area contributed by atoms with E-state index in [0.29, 0.717) is 0 Å². The number of terminal acetylenes is 1. The monoisotopic (exact) mass is 493 g/mol. The minimum atomic E-state index is -4.18. The van der Waals surface area contributed by atoms with Crippen molar-refractivity contribution in [1.29, 1.82) is 0 Å². The molecule has 0 radical (unpaired) electrons. The highest BCUT2D eigenvalue weighted by Crippen LogP contribution is 2.45. The summed E-state index contributed by atoms with van der Waals surface area (Å²) >= 11 is 0. The number of rotatable bonds is 10. The second kappa shape index (κ2) is 11.3. The molecule has 2 aromatic rings. The summed E-state index contributed by atoms with van der Waals surface area (Å²) in [5.41, 5.74) is -1.27. The minimum absolute atomic E-state index is 0.0199. The Morgan fingerprint density at radius 2 is 2.12 bits per heavy atom. The van der Waals surface area contributed by atoms with Gasteiger partial charge in [-0.2, -0.15) is 5.09 Å². The normalized spacial score (nSPS) is 22.3. The molecule has 1 aliphatic heterocycles. The van der Waals surface area contributed by atoms with Crippen LogP contribution < -0.4 is 20.9 Å². The predicted molar refractivity (Wildman–Crippen MR) is 119 cm³/mol. The molecule has 3 N–H and O–H groups in total. The van der Waals surface area contributed by atoms with Gasteiger partial charge in [-0.05, 0) is 19.1 Å². The second-order valence-electron chi connectivity index (χ2n) is 7.31. The number of benzene rings is 1. The Kier molecular flexibility index (Phi) is 8.44. The Morgan fingerprint density at radius 3 is 2.79 bits per heavy atom. The Balaban J connectivity index is 1.71. The molecule has 2 heterocycles. The van der Waals surface area contributed by atoms with Crippen molar-refractivity contribution in [2.75, 3.05) is 13.2 Å². The van der Waals surface area contributed by atoms with E-state index in [1.165, 1.54) is 13.1 Å². The van der Waals surface area contributed by atoms with Gasteiger partial charge in [-0.1, -0.05) is 24.1 Å². The number of esters is 1. The third kappa shape index (κ3) is 6.66. The van der Waals surface area contributed by atoms with Gasteiger partial charge < -0.3 is 19.1 Å². The van der Waals surface area contributed by atoms with Crippen molar-refractivity contribution in [3.63, 3.8) is 0 Å². The number of aromatic amines is 1. The van der Waals surface area contributed by atoms with E-state index in [2.05, 4.69) is 16.0 Å². The zero-order valence-electron chi connectivity index (χ0n) is 18.2. The van der Waals surface area contributed by atoms with Crippen molar-refractivity contribution < 1.29 is 33.0 Å². The highest BCUT2D eigenvalue weighted by atomic mass is 31.2. The van der Waals surface area contributed by atoms with Crippen LogP contribution >= 0.6 is 7.75 Å². The number of nitrogens with one attached hydrogen (secondary N) is 2. The van der Waals surface area contributed by atoms with E-state index in [0.717, 1.165) is 10.6 Å².